The van der Waals surface area contributed by atoms with E-state index in [2.05, 4.69) is 23.3 Å². The number of aromatic carboxylic acids is 1. The van der Waals surface area contributed by atoms with E-state index in [1.54, 1.807) is 17.4 Å². The van der Waals surface area contributed by atoms with Gasteiger partial charge in [-0.2, -0.15) is 0 Å². The molecule has 0 saturated heterocycles. The Bertz CT molecular complexity index is 504. The summed E-state index contributed by atoms with van der Waals surface area (Å²) in [4.78, 5) is 14.2. The standard InChI is InChI=1S/C13H15NO3S/c1-2-14(9-11-4-3-7-18-11)8-10-5-6-12(17-10)13(15)16/h3-7H,2,8-9H2,1H3,(H,15,16). The normalized spacial score (nSPS) is 11.0. The number of carboxylic acids is 1. The first kappa shape index (κ1) is 12.9. The van der Waals surface area contributed by atoms with E-state index in [0.29, 0.717) is 12.3 Å². The second-order valence-electron chi connectivity index (χ2n) is 3.95. The molecule has 5 heteroatoms. The van der Waals surface area contributed by atoms with Gasteiger partial charge in [0.25, 0.3) is 0 Å². The summed E-state index contributed by atoms with van der Waals surface area (Å²) in [5, 5.41) is 10.8. The predicted molar refractivity (Wildman–Crippen MR) is 69.8 cm³/mol. The number of carboxylic acid groups (broad SMARTS) is 1. The van der Waals surface area contributed by atoms with Crippen LogP contribution >= 0.6 is 11.3 Å². The van der Waals surface area contributed by atoms with Gasteiger partial charge in [-0.15, -0.1) is 11.3 Å². The minimum atomic E-state index is -1.03. The quantitative estimate of drug-likeness (QED) is 0.872. The van der Waals surface area contributed by atoms with Crippen LogP contribution in [-0.2, 0) is 13.1 Å². The molecule has 0 spiro atoms. The molecule has 2 rings (SSSR count). The molecule has 0 bridgehead atoms. The van der Waals surface area contributed by atoms with Gasteiger partial charge in [0.2, 0.25) is 5.76 Å². The first-order valence-electron chi connectivity index (χ1n) is 5.75. The van der Waals surface area contributed by atoms with Crippen molar-refractivity contribution in [2.45, 2.75) is 20.0 Å². The van der Waals surface area contributed by atoms with Crippen molar-refractivity contribution in [2.75, 3.05) is 6.54 Å². The number of hydrogen-bond donors (Lipinski definition) is 1. The van der Waals surface area contributed by atoms with Crippen molar-refractivity contribution in [3.05, 3.63) is 46.0 Å². The highest BCUT2D eigenvalue weighted by molar-refractivity contribution is 7.09. The van der Waals surface area contributed by atoms with Gasteiger partial charge in [0.1, 0.15) is 5.76 Å². The lowest BCUT2D eigenvalue weighted by molar-refractivity contribution is 0.0658. The van der Waals surface area contributed by atoms with Crippen LogP contribution in [0.3, 0.4) is 0 Å². The zero-order valence-electron chi connectivity index (χ0n) is 10.1. The zero-order chi connectivity index (χ0) is 13.0. The molecule has 96 valence electrons. The van der Waals surface area contributed by atoms with Crippen LogP contribution < -0.4 is 0 Å². The van der Waals surface area contributed by atoms with Gasteiger partial charge < -0.3 is 9.52 Å². The fourth-order valence-corrected chi connectivity index (χ4v) is 2.45. The predicted octanol–water partition coefficient (Wildman–Crippen LogP) is 3.06. The Balaban J connectivity index is 1.98. The molecular formula is C13H15NO3S. The van der Waals surface area contributed by atoms with Gasteiger partial charge in [0.05, 0.1) is 6.54 Å². The first-order valence-corrected chi connectivity index (χ1v) is 6.63. The molecule has 2 aromatic heterocycles. The van der Waals surface area contributed by atoms with Crippen LogP contribution in [0.15, 0.2) is 34.1 Å². The molecule has 0 saturated carbocycles. The van der Waals surface area contributed by atoms with E-state index in [9.17, 15) is 4.79 Å². The Labute approximate surface area is 109 Å². The number of rotatable bonds is 6. The average Bonchev–Trinajstić information content (AvgIpc) is 2.99. The Hall–Kier alpha value is -1.59. The molecule has 2 heterocycles. The third-order valence-electron chi connectivity index (χ3n) is 2.66. The number of hydrogen-bond acceptors (Lipinski definition) is 4. The fourth-order valence-electron chi connectivity index (χ4n) is 1.70. The maximum absolute atomic E-state index is 10.7. The number of carbonyl (C=O) groups is 1. The zero-order valence-corrected chi connectivity index (χ0v) is 10.9. The van der Waals surface area contributed by atoms with Crippen LogP contribution in [0.4, 0.5) is 0 Å². The number of furan rings is 1. The van der Waals surface area contributed by atoms with Gasteiger partial charge in [-0.1, -0.05) is 13.0 Å². The Morgan fingerprint density at radius 1 is 1.39 bits per heavy atom. The highest BCUT2D eigenvalue weighted by Crippen LogP contribution is 2.15. The van der Waals surface area contributed by atoms with Gasteiger partial charge >= 0.3 is 5.97 Å². The summed E-state index contributed by atoms with van der Waals surface area (Å²) in [5.41, 5.74) is 0. The minimum absolute atomic E-state index is 0.00261. The van der Waals surface area contributed by atoms with Crippen molar-refractivity contribution in [3.8, 4) is 0 Å². The molecule has 4 nitrogen and oxygen atoms in total. The number of nitrogens with zero attached hydrogens (tertiary/aromatic N) is 1. The molecule has 2 aromatic rings. The third kappa shape index (κ3) is 3.21. The molecule has 0 unspecified atom stereocenters. The molecule has 0 fully saturated rings. The molecule has 0 atom stereocenters. The van der Waals surface area contributed by atoms with Gasteiger partial charge in [-0.05, 0) is 30.1 Å². The summed E-state index contributed by atoms with van der Waals surface area (Å²) in [6, 6.07) is 7.35. The van der Waals surface area contributed by atoms with Gasteiger partial charge in [-0.25, -0.2) is 4.79 Å². The smallest absolute Gasteiger partial charge is 0.371 e. The summed E-state index contributed by atoms with van der Waals surface area (Å²) in [5.74, 6) is -0.342. The lowest BCUT2D eigenvalue weighted by Crippen LogP contribution is -2.21. The van der Waals surface area contributed by atoms with E-state index in [1.807, 2.05) is 6.07 Å². The average molecular weight is 265 g/mol. The highest BCUT2D eigenvalue weighted by Gasteiger charge is 2.12. The lowest BCUT2D eigenvalue weighted by atomic mass is 10.3. The summed E-state index contributed by atoms with van der Waals surface area (Å²) < 4.78 is 5.26. The maximum atomic E-state index is 10.7. The topological polar surface area (TPSA) is 53.7 Å². The summed E-state index contributed by atoms with van der Waals surface area (Å²) in [6.45, 7) is 4.45. The molecule has 0 aliphatic rings. The molecule has 0 radical (unpaired) electrons. The highest BCUT2D eigenvalue weighted by atomic mass is 32.1. The van der Waals surface area contributed by atoms with E-state index >= 15 is 0 Å². The van der Waals surface area contributed by atoms with Crippen LogP contribution in [0.5, 0.6) is 0 Å². The van der Waals surface area contributed by atoms with Crippen molar-refractivity contribution < 1.29 is 14.3 Å². The Morgan fingerprint density at radius 3 is 2.78 bits per heavy atom. The van der Waals surface area contributed by atoms with E-state index in [1.165, 1.54) is 10.9 Å². The molecule has 0 aliphatic carbocycles. The summed E-state index contributed by atoms with van der Waals surface area (Å²) >= 11 is 1.72. The van der Waals surface area contributed by atoms with E-state index in [0.717, 1.165) is 13.1 Å². The SMILES string of the molecule is CCN(Cc1ccc(C(=O)O)o1)Cc1cccs1. The van der Waals surface area contributed by atoms with Crippen molar-refractivity contribution in [1.82, 2.24) is 4.90 Å². The van der Waals surface area contributed by atoms with E-state index < -0.39 is 5.97 Å². The van der Waals surface area contributed by atoms with Gasteiger partial charge in [-0.3, -0.25) is 4.90 Å². The molecule has 0 aliphatic heterocycles. The van der Waals surface area contributed by atoms with E-state index in [-0.39, 0.29) is 5.76 Å². The van der Waals surface area contributed by atoms with Crippen molar-refractivity contribution in [2.24, 2.45) is 0 Å². The monoisotopic (exact) mass is 265 g/mol. The number of thiophene rings is 1. The molecule has 18 heavy (non-hydrogen) atoms. The van der Waals surface area contributed by atoms with Crippen LogP contribution in [-0.4, -0.2) is 22.5 Å². The molecule has 0 aromatic carbocycles. The summed E-state index contributed by atoms with van der Waals surface area (Å²) in [6.07, 6.45) is 0. The van der Waals surface area contributed by atoms with Crippen molar-refractivity contribution >= 4 is 17.3 Å². The summed E-state index contributed by atoms with van der Waals surface area (Å²) in [7, 11) is 0. The maximum Gasteiger partial charge on any atom is 0.371 e. The van der Waals surface area contributed by atoms with Crippen LogP contribution in [0, 0.1) is 0 Å². The van der Waals surface area contributed by atoms with Crippen LogP contribution in [0.1, 0.15) is 28.1 Å². The van der Waals surface area contributed by atoms with Gasteiger partial charge in [0.15, 0.2) is 0 Å². The van der Waals surface area contributed by atoms with Crippen LogP contribution in [0.2, 0.25) is 0 Å². The van der Waals surface area contributed by atoms with Gasteiger partial charge in [0, 0.05) is 11.4 Å². The largest absolute Gasteiger partial charge is 0.475 e. The lowest BCUT2D eigenvalue weighted by Gasteiger charge is -2.17. The third-order valence-corrected chi connectivity index (χ3v) is 3.52. The Morgan fingerprint density at radius 2 is 2.22 bits per heavy atom. The van der Waals surface area contributed by atoms with Crippen molar-refractivity contribution in [3.63, 3.8) is 0 Å². The molecule has 1 N–H and O–H groups in total. The second kappa shape index (κ2) is 5.84. The minimum Gasteiger partial charge on any atom is -0.475 e. The second-order valence-corrected chi connectivity index (χ2v) is 4.99. The molecule has 0 amide bonds. The first-order chi connectivity index (χ1) is 8.69. The van der Waals surface area contributed by atoms with Crippen LogP contribution in [0.25, 0.3) is 0 Å². The van der Waals surface area contributed by atoms with Crippen molar-refractivity contribution in [1.29, 1.82) is 0 Å². The Kier molecular flexibility index (Phi) is 4.17. The van der Waals surface area contributed by atoms with E-state index in [4.69, 9.17) is 9.52 Å². The molecular weight excluding hydrogens is 250 g/mol. The fraction of sp³-hybridized carbons (Fsp3) is 0.308.